The predicted molar refractivity (Wildman–Crippen MR) is 65.3 cm³/mol. The maximum atomic E-state index is 11.8. The molecule has 90 valence electrons. The molecule has 2 N–H and O–H groups in total. The van der Waals surface area contributed by atoms with Crippen LogP contribution in [0.5, 0.6) is 0 Å². The summed E-state index contributed by atoms with van der Waals surface area (Å²) in [6.45, 7) is 1.78. The molecule has 2 aromatic heterocycles. The number of nitrogens with zero attached hydrogens (tertiary/aromatic N) is 2. The second kappa shape index (κ2) is 3.99. The number of H-pyrrole nitrogens is 1. The molecule has 2 heterocycles. The third-order valence-electron chi connectivity index (χ3n) is 2.50. The van der Waals surface area contributed by atoms with E-state index >= 15 is 0 Å². The second-order valence-electron chi connectivity index (χ2n) is 3.84. The summed E-state index contributed by atoms with van der Waals surface area (Å²) < 4.78 is 5.40. The van der Waals surface area contributed by atoms with E-state index in [4.69, 9.17) is 4.42 Å². The standard InChI is InChI=1S/C12H10N4O2/c1-7-14-9-3-2-8(6-11(9)18-7)15-12(17)10-4-5-13-16-10/h2-6H,1H3,(H,13,16)(H,15,17). The van der Waals surface area contributed by atoms with E-state index in [1.807, 2.05) is 0 Å². The quantitative estimate of drug-likeness (QED) is 0.720. The zero-order chi connectivity index (χ0) is 12.5. The number of carbonyl (C=O) groups is 1. The fourth-order valence-corrected chi connectivity index (χ4v) is 1.70. The minimum atomic E-state index is -0.247. The molecule has 0 aliphatic carbocycles. The Kier molecular flexibility index (Phi) is 2.33. The maximum absolute atomic E-state index is 11.8. The molecule has 1 aromatic carbocycles. The number of benzene rings is 1. The minimum absolute atomic E-state index is 0.247. The van der Waals surface area contributed by atoms with Crippen LogP contribution >= 0.6 is 0 Å². The molecule has 0 fully saturated rings. The van der Waals surface area contributed by atoms with Crippen LogP contribution in [0, 0.1) is 6.92 Å². The molecule has 0 unspecified atom stereocenters. The number of aromatic nitrogens is 3. The Morgan fingerprint density at radius 1 is 1.39 bits per heavy atom. The lowest BCUT2D eigenvalue weighted by Crippen LogP contribution is -2.12. The van der Waals surface area contributed by atoms with E-state index in [9.17, 15) is 4.79 Å². The van der Waals surface area contributed by atoms with Crippen molar-refractivity contribution in [1.82, 2.24) is 15.2 Å². The molecule has 0 spiro atoms. The van der Waals surface area contributed by atoms with E-state index in [1.54, 1.807) is 31.2 Å². The third kappa shape index (κ3) is 1.84. The van der Waals surface area contributed by atoms with Crippen molar-refractivity contribution in [3.05, 3.63) is 42.0 Å². The van der Waals surface area contributed by atoms with E-state index in [2.05, 4.69) is 20.5 Å². The van der Waals surface area contributed by atoms with Crippen molar-refractivity contribution >= 4 is 22.7 Å². The van der Waals surface area contributed by atoms with E-state index in [1.165, 1.54) is 6.20 Å². The average Bonchev–Trinajstić information content (AvgIpc) is 2.95. The van der Waals surface area contributed by atoms with Gasteiger partial charge in [-0.15, -0.1) is 0 Å². The molecule has 0 aliphatic rings. The van der Waals surface area contributed by atoms with Crippen molar-refractivity contribution in [2.45, 2.75) is 6.92 Å². The van der Waals surface area contributed by atoms with Gasteiger partial charge in [-0.25, -0.2) is 4.98 Å². The topological polar surface area (TPSA) is 83.8 Å². The summed E-state index contributed by atoms with van der Waals surface area (Å²) in [5.74, 6) is 0.352. The van der Waals surface area contributed by atoms with Gasteiger partial charge in [0.1, 0.15) is 11.2 Å². The number of hydrogen-bond acceptors (Lipinski definition) is 4. The Bertz CT molecular complexity index is 700. The number of carbonyl (C=O) groups excluding carboxylic acids is 1. The molecule has 1 amide bonds. The van der Waals surface area contributed by atoms with E-state index in [0.29, 0.717) is 22.9 Å². The fourth-order valence-electron chi connectivity index (χ4n) is 1.70. The molecule has 3 rings (SSSR count). The number of hydrogen-bond donors (Lipinski definition) is 2. The fraction of sp³-hybridized carbons (Fsp3) is 0.0833. The number of aryl methyl sites for hydroxylation is 1. The van der Waals surface area contributed by atoms with Gasteiger partial charge in [-0.05, 0) is 18.2 Å². The molecule has 18 heavy (non-hydrogen) atoms. The number of anilines is 1. The first-order valence-corrected chi connectivity index (χ1v) is 5.40. The Hall–Kier alpha value is -2.63. The summed E-state index contributed by atoms with van der Waals surface area (Å²) in [5, 5.41) is 9.07. The Labute approximate surface area is 102 Å². The summed E-state index contributed by atoms with van der Waals surface area (Å²) in [6, 6.07) is 6.92. The maximum Gasteiger partial charge on any atom is 0.273 e. The van der Waals surface area contributed by atoms with Crippen LogP contribution in [0.1, 0.15) is 16.4 Å². The average molecular weight is 242 g/mol. The molecule has 6 heteroatoms. The number of aromatic amines is 1. The molecule has 0 aliphatic heterocycles. The first-order valence-electron chi connectivity index (χ1n) is 5.40. The number of oxazole rings is 1. The molecular weight excluding hydrogens is 232 g/mol. The summed E-state index contributed by atoms with van der Waals surface area (Å²) in [5.41, 5.74) is 2.48. The lowest BCUT2D eigenvalue weighted by Gasteiger charge is -2.02. The molecule has 3 aromatic rings. The van der Waals surface area contributed by atoms with Gasteiger partial charge in [-0.3, -0.25) is 9.89 Å². The summed E-state index contributed by atoms with van der Waals surface area (Å²) in [6.07, 6.45) is 1.53. The third-order valence-corrected chi connectivity index (χ3v) is 2.50. The highest BCUT2D eigenvalue weighted by molar-refractivity contribution is 6.03. The highest BCUT2D eigenvalue weighted by Crippen LogP contribution is 2.20. The van der Waals surface area contributed by atoms with Crippen LogP contribution in [0.25, 0.3) is 11.1 Å². The number of nitrogens with one attached hydrogen (secondary N) is 2. The summed E-state index contributed by atoms with van der Waals surface area (Å²) in [4.78, 5) is 16.0. The zero-order valence-corrected chi connectivity index (χ0v) is 9.60. The normalized spacial score (nSPS) is 10.7. The summed E-state index contributed by atoms with van der Waals surface area (Å²) >= 11 is 0. The molecule has 6 nitrogen and oxygen atoms in total. The Morgan fingerprint density at radius 3 is 3.06 bits per heavy atom. The lowest BCUT2D eigenvalue weighted by atomic mass is 10.3. The van der Waals surface area contributed by atoms with Gasteiger partial charge in [0.15, 0.2) is 11.5 Å². The minimum Gasteiger partial charge on any atom is -0.441 e. The van der Waals surface area contributed by atoms with Crippen molar-refractivity contribution in [3.8, 4) is 0 Å². The smallest absolute Gasteiger partial charge is 0.273 e. The molecule has 0 saturated heterocycles. The van der Waals surface area contributed by atoms with Crippen molar-refractivity contribution in [1.29, 1.82) is 0 Å². The van der Waals surface area contributed by atoms with Gasteiger partial charge in [0.25, 0.3) is 5.91 Å². The van der Waals surface area contributed by atoms with Gasteiger partial charge >= 0.3 is 0 Å². The van der Waals surface area contributed by atoms with Crippen LogP contribution in [0.15, 0.2) is 34.9 Å². The first kappa shape index (κ1) is 10.5. The van der Waals surface area contributed by atoms with Gasteiger partial charge < -0.3 is 9.73 Å². The van der Waals surface area contributed by atoms with Crippen LogP contribution in [-0.2, 0) is 0 Å². The number of amides is 1. The van der Waals surface area contributed by atoms with Crippen molar-refractivity contribution in [2.24, 2.45) is 0 Å². The lowest BCUT2D eigenvalue weighted by molar-refractivity contribution is 0.102. The first-order chi connectivity index (χ1) is 8.72. The number of rotatable bonds is 2. The van der Waals surface area contributed by atoms with Gasteiger partial charge in [-0.1, -0.05) is 0 Å². The molecule has 0 saturated carbocycles. The van der Waals surface area contributed by atoms with E-state index in [0.717, 1.165) is 5.52 Å². The van der Waals surface area contributed by atoms with Crippen LogP contribution in [0.2, 0.25) is 0 Å². The molecule has 0 bridgehead atoms. The van der Waals surface area contributed by atoms with Crippen LogP contribution in [0.4, 0.5) is 5.69 Å². The Morgan fingerprint density at radius 2 is 2.28 bits per heavy atom. The number of fused-ring (bicyclic) bond motifs is 1. The predicted octanol–water partition coefficient (Wildman–Crippen LogP) is 2.11. The van der Waals surface area contributed by atoms with Crippen LogP contribution in [-0.4, -0.2) is 21.1 Å². The van der Waals surface area contributed by atoms with E-state index in [-0.39, 0.29) is 5.91 Å². The van der Waals surface area contributed by atoms with E-state index < -0.39 is 0 Å². The second-order valence-corrected chi connectivity index (χ2v) is 3.84. The monoisotopic (exact) mass is 242 g/mol. The van der Waals surface area contributed by atoms with Gasteiger partial charge in [-0.2, -0.15) is 5.10 Å². The molecule has 0 radical (unpaired) electrons. The Balaban J connectivity index is 1.88. The largest absolute Gasteiger partial charge is 0.441 e. The van der Waals surface area contributed by atoms with Gasteiger partial charge in [0.2, 0.25) is 0 Å². The van der Waals surface area contributed by atoms with Crippen molar-refractivity contribution in [2.75, 3.05) is 5.32 Å². The van der Waals surface area contributed by atoms with Crippen LogP contribution < -0.4 is 5.32 Å². The zero-order valence-electron chi connectivity index (χ0n) is 9.60. The van der Waals surface area contributed by atoms with Gasteiger partial charge in [0.05, 0.1) is 0 Å². The highest BCUT2D eigenvalue weighted by atomic mass is 16.3. The molecule has 0 atom stereocenters. The highest BCUT2D eigenvalue weighted by Gasteiger charge is 2.08. The van der Waals surface area contributed by atoms with Gasteiger partial charge in [0, 0.05) is 24.9 Å². The van der Waals surface area contributed by atoms with Crippen molar-refractivity contribution < 1.29 is 9.21 Å². The van der Waals surface area contributed by atoms with Crippen LogP contribution in [0.3, 0.4) is 0 Å². The summed E-state index contributed by atoms with van der Waals surface area (Å²) in [7, 11) is 0. The van der Waals surface area contributed by atoms with Crippen molar-refractivity contribution in [3.63, 3.8) is 0 Å². The SMILES string of the molecule is Cc1nc2ccc(NC(=O)c3ccn[nH]3)cc2o1. The molecular formula is C12H10N4O2.